The third-order valence-electron chi connectivity index (χ3n) is 3.97. The highest BCUT2D eigenvalue weighted by atomic mass is 32.2. The van der Waals surface area contributed by atoms with Crippen LogP contribution in [0.4, 0.5) is 0 Å². The molecule has 0 aliphatic carbocycles. The maximum absolute atomic E-state index is 13.0. The van der Waals surface area contributed by atoms with E-state index in [1.54, 1.807) is 30.4 Å². The normalized spacial score (nSPS) is 19.7. The number of aromatic nitrogens is 4. The number of nitrogens with one attached hydrogen (secondary N) is 1. The van der Waals surface area contributed by atoms with Crippen LogP contribution in [0.2, 0.25) is 0 Å². The summed E-state index contributed by atoms with van der Waals surface area (Å²) in [5.74, 6) is 0.650. The molecule has 1 aliphatic rings. The van der Waals surface area contributed by atoms with E-state index in [1.165, 1.54) is 0 Å². The SMILES string of the molecule is Cc1nccc(C2CCCN2S(=O)(=O)c2c(C)n[nH]c2C)n1. The lowest BCUT2D eigenvalue weighted by Gasteiger charge is -2.23. The molecule has 3 rings (SSSR count). The molecular formula is C14H19N5O2S. The zero-order chi connectivity index (χ0) is 15.9. The molecule has 2 aromatic heterocycles. The van der Waals surface area contributed by atoms with Crippen LogP contribution in [0.5, 0.6) is 0 Å². The number of hydrogen-bond donors (Lipinski definition) is 1. The monoisotopic (exact) mass is 321 g/mol. The molecule has 8 heteroatoms. The molecule has 1 N–H and O–H groups in total. The second-order valence-electron chi connectivity index (χ2n) is 5.57. The Morgan fingerprint density at radius 1 is 1.32 bits per heavy atom. The van der Waals surface area contributed by atoms with E-state index in [2.05, 4.69) is 20.2 Å². The van der Waals surface area contributed by atoms with Crippen molar-refractivity contribution in [3.8, 4) is 0 Å². The summed E-state index contributed by atoms with van der Waals surface area (Å²) in [5.41, 5.74) is 1.83. The van der Waals surface area contributed by atoms with Crippen LogP contribution in [0.25, 0.3) is 0 Å². The van der Waals surface area contributed by atoms with Gasteiger partial charge in [-0.15, -0.1) is 0 Å². The Morgan fingerprint density at radius 3 is 2.73 bits per heavy atom. The van der Waals surface area contributed by atoms with Gasteiger partial charge in [-0.1, -0.05) is 0 Å². The minimum atomic E-state index is -3.59. The molecular weight excluding hydrogens is 302 g/mol. The maximum atomic E-state index is 13.0. The first-order valence-electron chi connectivity index (χ1n) is 7.24. The number of aromatic amines is 1. The van der Waals surface area contributed by atoms with Crippen molar-refractivity contribution in [3.05, 3.63) is 35.2 Å². The average molecular weight is 321 g/mol. The van der Waals surface area contributed by atoms with Crippen molar-refractivity contribution in [1.29, 1.82) is 0 Å². The van der Waals surface area contributed by atoms with Crippen LogP contribution in [0.15, 0.2) is 17.2 Å². The van der Waals surface area contributed by atoms with Gasteiger partial charge in [0.15, 0.2) is 0 Å². The summed E-state index contributed by atoms with van der Waals surface area (Å²) in [6, 6.07) is 1.56. The largest absolute Gasteiger partial charge is 0.281 e. The predicted octanol–water partition coefficient (Wildman–Crippen LogP) is 1.65. The van der Waals surface area contributed by atoms with E-state index in [0.29, 0.717) is 23.8 Å². The van der Waals surface area contributed by atoms with Crippen molar-refractivity contribution >= 4 is 10.0 Å². The van der Waals surface area contributed by atoms with Gasteiger partial charge in [0.2, 0.25) is 10.0 Å². The molecule has 22 heavy (non-hydrogen) atoms. The molecule has 3 heterocycles. The van der Waals surface area contributed by atoms with Gasteiger partial charge in [0, 0.05) is 12.7 Å². The molecule has 7 nitrogen and oxygen atoms in total. The van der Waals surface area contributed by atoms with E-state index in [-0.39, 0.29) is 10.9 Å². The van der Waals surface area contributed by atoms with Gasteiger partial charge in [-0.3, -0.25) is 5.10 Å². The minimum Gasteiger partial charge on any atom is -0.281 e. The van der Waals surface area contributed by atoms with Crippen molar-refractivity contribution in [2.45, 2.75) is 44.6 Å². The topological polar surface area (TPSA) is 91.8 Å². The Balaban J connectivity index is 2.03. The quantitative estimate of drug-likeness (QED) is 0.928. The Hall–Kier alpha value is -1.80. The predicted molar refractivity (Wildman–Crippen MR) is 80.7 cm³/mol. The van der Waals surface area contributed by atoms with Crippen molar-refractivity contribution in [1.82, 2.24) is 24.5 Å². The summed E-state index contributed by atoms with van der Waals surface area (Å²) in [4.78, 5) is 8.77. The van der Waals surface area contributed by atoms with Gasteiger partial charge in [0.25, 0.3) is 0 Å². The standard InChI is InChI=1S/C14H19N5O2S/c1-9-14(10(2)18-17-9)22(20,21)19-8-4-5-13(19)12-6-7-15-11(3)16-12/h6-7,13H,4-5,8H2,1-3H3,(H,17,18). The molecule has 1 unspecified atom stereocenters. The summed E-state index contributed by atoms with van der Waals surface area (Å²) in [5, 5.41) is 6.76. The highest BCUT2D eigenvalue weighted by Crippen LogP contribution is 2.36. The molecule has 0 radical (unpaired) electrons. The van der Waals surface area contributed by atoms with Gasteiger partial charge in [-0.25, -0.2) is 18.4 Å². The zero-order valence-corrected chi connectivity index (χ0v) is 13.7. The number of aryl methyl sites for hydroxylation is 3. The van der Waals surface area contributed by atoms with Crippen molar-refractivity contribution in [3.63, 3.8) is 0 Å². The van der Waals surface area contributed by atoms with Crippen LogP contribution in [-0.2, 0) is 10.0 Å². The molecule has 0 saturated carbocycles. The van der Waals surface area contributed by atoms with Crippen LogP contribution in [0.3, 0.4) is 0 Å². The smallest absolute Gasteiger partial charge is 0.247 e. The summed E-state index contributed by atoms with van der Waals surface area (Å²) in [6.07, 6.45) is 3.27. The molecule has 1 fully saturated rings. The fourth-order valence-corrected chi connectivity index (χ4v) is 5.03. The average Bonchev–Trinajstić information content (AvgIpc) is 3.06. The first-order chi connectivity index (χ1) is 10.4. The molecule has 118 valence electrons. The van der Waals surface area contributed by atoms with E-state index in [9.17, 15) is 8.42 Å². The summed E-state index contributed by atoms with van der Waals surface area (Å²) in [6.45, 7) is 5.74. The lowest BCUT2D eigenvalue weighted by Crippen LogP contribution is -2.31. The number of sulfonamides is 1. The lowest BCUT2D eigenvalue weighted by molar-refractivity contribution is 0.389. The molecule has 1 aliphatic heterocycles. The highest BCUT2D eigenvalue weighted by molar-refractivity contribution is 7.89. The molecule has 1 atom stereocenters. The molecule has 2 aromatic rings. The Morgan fingerprint density at radius 2 is 2.09 bits per heavy atom. The van der Waals surface area contributed by atoms with E-state index in [1.807, 2.05) is 6.92 Å². The number of rotatable bonds is 3. The molecule has 0 aromatic carbocycles. The van der Waals surface area contributed by atoms with Crippen molar-refractivity contribution in [2.24, 2.45) is 0 Å². The van der Waals surface area contributed by atoms with Crippen LogP contribution in [-0.4, -0.2) is 39.4 Å². The van der Waals surface area contributed by atoms with Crippen LogP contribution in [0.1, 0.15) is 41.8 Å². The third kappa shape index (κ3) is 2.42. The lowest BCUT2D eigenvalue weighted by atomic mass is 10.1. The summed E-state index contributed by atoms with van der Waals surface area (Å²) < 4.78 is 27.6. The van der Waals surface area contributed by atoms with Crippen LogP contribution < -0.4 is 0 Å². The van der Waals surface area contributed by atoms with E-state index in [0.717, 1.165) is 18.5 Å². The van der Waals surface area contributed by atoms with Crippen LogP contribution >= 0.6 is 0 Å². The number of H-pyrrole nitrogens is 1. The van der Waals surface area contributed by atoms with Gasteiger partial charge < -0.3 is 0 Å². The van der Waals surface area contributed by atoms with Crippen molar-refractivity contribution in [2.75, 3.05) is 6.54 Å². The van der Waals surface area contributed by atoms with Gasteiger partial charge in [0.05, 0.1) is 23.1 Å². The Kier molecular flexibility index (Phi) is 3.73. The van der Waals surface area contributed by atoms with E-state index >= 15 is 0 Å². The number of nitrogens with zero attached hydrogens (tertiary/aromatic N) is 4. The third-order valence-corrected chi connectivity index (χ3v) is 6.14. The molecule has 0 amide bonds. The fraction of sp³-hybridized carbons (Fsp3) is 0.500. The first kappa shape index (κ1) is 15.1. The van der Waals surface area contributed by atoms with Gasteiger partial charge >= 0.3 is 0 Å². The van der Waals surface area contributed by atoms with E-state index in [4.69, 9.17) is 0 Å². The molecule has 0 bridgehead atoms. The second-order valence-corrected chi connectivity index (χ2v) is 7.39. The minimum absolute atomic E-state index is 0.236. The highest BCUT2D eigenvalue weighted by Gasteiger charge is 2.39. The van der Waals surface area contributed by atoms with E-state index < -0.39 is 10.0 Å². The summed E-state index contributed by atoms with van der Waals surface area (Å²) in [7, 11) is -3.59. The van der Waals surface area contributed by atoms with Gasteiger partial charge in [-0.2, -0.15) is 9.40 Å². The second kappa shape index (κ2) is 5.44. The molecule has 0 spiro atoms. The number of hydrogen-bond acceptors (Lipinski definition) is 5. The van der Waals surface area contributed by atoms with Gasteiger partial charge in [-0.05, 0) is 39.7 Å². The maximum Gasteiger partial charge on any atom is 0.247 e. The molecule has 1 saturated heterocycles. The Labute approximate surface area is 129 Å². The zero-order valence-electron chi connectivity index (χ0n) is 12.9. The first-order valence-corrected chi connectivity index (χ1v) is 8.68. The fourth-order valence-electron chi connectivity index (χ4n) is 3.02. The summed E-state index contributed by atoms with van der Waals surface area (Å²) >= 11 is 0. The van der Waals surface area contributed by atoms with Gasteiger partial charge in [0.1, 0.15) is 10.7 Å². The van der Waals surface area contributed by atoms with Crippen molar-refractivity contribution < 1.29 is 8.42 Å². The Bertz CT molecular complexity index is 780. The van der Waals surface area contributed by atoms with Crippen LogP contribution in [0, 0.1) is 20.8 Å².